The second kappa shape index (κ2) is 5.90. The molecule has 2 nitrogen and oxygen atoms in total. The summed E-state index contributed by atoms with van der Waals surface area (Å²) in [5.74, 6) is 0. The molecular formula is C16H12Cl3NO. The summed E-state index contributed by atoms with van der Waals surface area (Å²) in [5.41, 5.74) is 2.74. The fraction of sp³-hybridized carbons (Fsp3) is 0.125. The standard InChI is InChI=1S/C16H12Cl3NO/c17-12-4-5-13-11(9-21)8-20(15(13)6-12)7-10-2-1-3-14(18)16(10)19/h1-6,8,21H,7,9H2. The van der Waals surface area contributed by atoms with Crippen LogP contribution in [0.1, 0.15) is 11.1 Å². The molecule has 0 spiro atoms. The first-order chi connectivity index (χ1) is 10.1. The number of benzene rings is 2. The van der Waals surface area contributed by atoms with E-state index in [0.29, 0.717) is 21.6 Å². The van der Waals surface area contributed by atoms with Gasteiger partial charge in [-0.25, -0.2) is 0 Å². The van der Waals surface area contributed by atoms with Crippen molar-refractivity contribution < 1.29 is 5.11 Å². The Morgan fingerprint density at radius 1 is 1.00 bits per heavy atom. The van der Waals surface area contributed by atoms with Crippen LogP contribution in [-0.4, -0.2) is 9.67 Å². The number of halogens is 3. The zero-order chi connectivity index (χ0) is 15.0. The summed E-state index contributed by atoms with van der Waals surface area (Å²) in [5, 5.41) is 12.2. The van der Waals surface area contributed by atoms with Crippen LogP contribution >= 0.6 is 34.8 Å². The maximum absolute atomic E-state index is 9.49. The van der Waals surface area contributed by atoms with E-state index < -0.39 is 0 Å². The van der Waals surface area contributed by atoms with E-state index in [9.17, 15) is 5.11 Å². The van der Waals surface area contributed by atoms with Gasteiger partial charge in [0.05, 0.1) is 22.2 Å². The number of aromatic nitrogens is 1. The predicted octanol–water partition coefficient (Wildman–Crippen LogP) is 5.14. The van der Waals surface area contributed by atoms with Gasteiger partial charge < -0.3 is 9.67 Å². The summed E-state index contributed by atoms with van der Waals surface area (Å²) in [4.78, 5) is 0. The largest absolute Gasteiger partial charge is 0.392 e. The molecule has 0 unspecified atom stereocenters. The van der Waals surface area contributed by atoms with Crippen LogP contribution in [0.15, 0.2) is 42.6 Å². The monoisotopic (exact) mass is 339 g/mol. The van der Waals surface area contributed by atoms with Crippen molar-refractivity contribution in [3.05, 3.63) is 68.8 Å². The molecule has 0 amide bonds. The van der Waals surface area contributed by atoms with Gasteiger partial charge in [-0.2, -0.15) is 0 Å². The normalized spacial score (nSPS) is 11.2. The number of fused-ring (bicyclic) bond motifs is 1. The molecular weight excluding hydrogens is 329 g/mol. The van der Waals surface area contributed by atoms with Crippen molar-refractivity contribution in [3.63, 3.8) is 0 Å². The minimum atomic E-state index is -0.0194. The molecule has 0 radical (unpaired) electrons. The highest BCUT2D eigenvalue weighted by atomic mass is 35.5. The van der Waals surface area contributed by atoms with Crippen LogP contribution in [-0.2, 0) is 13.2 Å². The van der Waals surface area contributed by atoms with Gasteiger partial charge in [-0.05, 0) is 23.8 Å². The molecule has 0 fully saturated rings. The van der Waals surface area contributed by atoms with Crippen LogP contribution < -0.4 is 0 Å². The Bertz CT molecular complexity index is 811. The van der Waals surface area contributed by atoms with E-state index in [4.69, 9.17) is 34.8 Å². The number of nitrogens with zero attached hydrogens (tertiary/aromatic N) is 1. The lowest BCUT2D eigenvalue weighted by Gasteiger charge is -2.08. The zero-order valence-corrected chi connectivity index (χ0v) is 13.3. The Hall–Kier alpha value is -1.19. The zero-order valence-electron chi connectivity index (χ0n) is 11.0. The van der Waals surface area contributed by atoms with Crippen LogP contribution in [0.2, 0.25) is 15.1 Å². The summed E-state index contributed by atoms with van der Waals surface area (Å²) in [6.45, 7) is 0.546. The number of hydrogen-bond donors (Lipinski definition) is 1. The molecule has 0 atom stereocenters. The summed E-state index contributed by atoms with van der Waals surface area (Å²) >= 11 is 18.4. The minimum absolute atomic E-state index is 0.0194. The molecule has 0 aliphatic heterocycles. The average molecular weight is 341 g/mol. The van der Waals surface area contributed by atoms with Gasteiger partial charge in [-0.15, -0.1) is 0 Å². The molecule has 0 aliphatic rings. The Balaban J connectivity index is 2.12. The molecule has 108 valence electrons. The van der Waals surface area contributed by atoms with Crippen molar-refractivity contribution in [1.82, 2.24) is 4.57 Å². The van der Waals surface area contributed by atoms with Crippen molar-refractivity contribution in [2.75, 3.05) is 0 Å². The van der Waals surface area contributed by atoms with Gasteiger partial charge in [0.25, 0.3) is 0 Å². The summed E-state index contributed by atoms with van der Waals surface area (Å²) in [6, 6.07) is 11.2. The third kappa shape index (κ3) is 2.77. The van der Waals surface area contributed by atoms with E-state index >= 15 is 0 Å². The smallest absolute Gasteiger partial charge is 0.0702 e. The van der Waals surface area contributed by atoms with Crippen molar-refractivity contribution in [1.29, 1.82) is 0 Å². The van der Waals surface area contributed by atoms with Crippen molar-refractivity contribution in [2.24, 2.45) is 0 Å². The van der Waals surface area contributed by atoms with Crippen LogP contribution in [0.3, 0.4) is 0 Å². The molecule has 2 aromatic carbocycles. The Morgan fingerprint density at radius 2 is 1.81 bits per heavy atom. The predicted molar refractivity (Wildman–Crippen MR) is 88.4 cm³/mol. The SMILES string of the molecule is OCc1cn(Cc2cccc(Cl)c2Cl)c2cc(Cl)ccc12. The van der Waals surface area contributed by atoms with E-state index in [1.165, 1.54) is 0 Å². The first-order valence-electron chi connectivity index (χ1n) is 6.41. The summed E-state index contributed by atoms with van der Waals surface area (Å²) in [6.07, 6.45) is 1.91. The van der Waals surface area contributed by atoms with E-state index in [0.717, 1.165) is 22.0 Å². The molecule has 0 saturated heterocycles. The minimum Gasteiger partial charge on any atom is -0.392 e. The summed E-state index contributed by atoms with van der Waals surface area (Å²) < 4.78 is 2.02. The number of aliphatic hydroxyl groups excluding tert-OH is 1. The van der Waals surface area contributed by atoms with Crippen molar-refractivity contribution in [3.8, 4) is 0 Å². The van der Waals surface area contributed by atoms with Gasteiger partial charge in [0, 0.05) is 28.7 Å². The number of rotatable bonds is 3. The van der Waals surface area contributed by atoms with Gasteiger partial charge in [0.2, 0.25) is 0 Å². The number of hydrogen-bond acceptors (Lipinski definition) is 1. The first kappa shape index (κ1) is 14.7. The molecule has 0 saturated carbocycles. The quantitative estimate of drug-likeness (QED) is 0.701. The van der Waals surface area contributed by atoms with E-state index in [-0.39, 0.29) is 6.61 Å². The van der Waals surface area contributed by atoms with Crippen LogP contribution in [0.5, 0.6) is 0 Å². The molecule has 1 aromatic heterocycles. The molecule has 0 aliphatic carbocycles. The van der Waals surface area contributed by atoms with Crippen molar-refractivity contribution in [2.45, 2.75) is 13.2 Å². The maximum Gasteiger partial charge on any atom is 0.0702 e. The molecule has 1 N–H and O–H groups in total. The van der Waals surface area contributed by atoms with Crippen LogP contribution in [0, 0.1) is 0 Å². The van der Waals surface area contributed by atoms with E-state index in [2.05, 4.69) is 0 Å². The van der Waals surface area contributed by atoms with Crippen LogP contribution in [0.25, 0.3) is 10.9 Å². The van der Waals surface area contributed by atoms with Gasteiger partial charge in [0.1, 0.15) is 0 Å². The molecule has 3 rings (SSSR count). The molecule has 21 heavy (non-hydrogen) atoms. The third-order valence-electron chi connectivity index (χ3n) is 3.47. The van der Waals surface area contributed by atoms with Crippen LogP contribution in [0.4, 0.5) is 0 Å². The summed E-state index contributed by atoms with van der Waals surface area (Å²) in [7, 11) is 0. The average Bonchev–Trinajstić information content (AvgIpc) is 2.81. The molecule has 0 bridgehead atoms. The maximum atomic E-state index is 9.49. The fourth-order valence-corrected chi connectivity index (χ4v) is 3.00. The second-order valence-corrected chi connectivity index (χ2v) is 6.04. The lowest BCUT2D eigenvalue weighted by Crippen LogP contribution is -1.99. The number of aliphatic hydroxyl groups is 1. The third-order valence-corrected chi connectivity index (χ3v) is 4.56. The second-order valence-electron chi connectivity index (χ2n) is 4.81. The Labute approximate surface area is 137 Å². The Kier molecular flexibility index (Phi) is 4.14. The topological polar surface area (TPSA) is 25.2 Å². The molecule has 5 heteroatoms. The van der Waals surface area contributed by atoms with Gasteiger partial charge in [-0.3, -0.25) is 0 Å². The first-order valence-corrected chi connectivity index (χ1v) is 7.54. The van der Waals surface area contributed by atoms with Gasteiger partial charge >= 0.3 is 0 Å². The van der Waals surface area contributed by atoms with E-state index in [1.807, 2.05) is 41.1 Å². The highest BCUT2D eigenvalue weighted by molar-refractivity contribution is 6.42. The van der Waals surface area contributed by atoms with Gasteiger partial charge in [-0.1, -0.05) is 53.0 Å². The fourth-order valence-electron chi connectivity index (χ4n) is 2.45. The highest BCUT2D eigenvalue weighted by Gasteiger charge is 2.11. The molecule has 3 aromatic rings. The van der Waals surface area contributed by atoms with Crippen molar-refractivity contribution >= 4 is 45.7 Å². The Morgan fingerprint density at radius 3 is 2.57 bits per heavy atom. The van der Waals surface area contributed by atoms with Gasteiger partial charge in [0.15, 0.2) is 0 Å². The highest BCUT2D eigenvalue weighted by Crippen LogP contribution is 2.29. The lowest BCUT2D eigenvalue weighted by atomic mass is 10.2. The van der Waals surface area contributed by atoms with E-state index in [1.54, 1.807) is 6.07 Å². The lowest BCUT2D eigenvalue weighted by molar-refractivity contribution is 0.283. The molecule has 1 heterocycles.